The van der Waals surface area contributed by atoms with Gasteiger partial charge in [-0.05, 0) is 25.7 Å². The Bertz CT molecular complexity index is 319. The highest BCUT2D eigenvalue weighted by Gasteiger charge is 2.27. The third-order valence-electron chi connectivity index (χ3n) is 3.86. The summed E-state index contributed by atoms with van der Waals surface area (Å²) in [4.78, 5) is 26.6. The van der Waals surface area contributed by atoms with Gasteiger partial charge >= 0.3 is 6.09 Å². The van der Waals surface area contributed by atoms with Crippen molar-refractivity contribution in [3.8, 4) is 0 Å². The normalized spacial score (nSPS) is 22.7. The Morgan fingerprint density at radius 3 is 2.00 bits per heavy atom. The van der Waals surface area contributed by atoms with Crippen molar-refractivity contribution in [1.82, 2.24) is 9.80 Å². The van der Waals surface area contributed by atoms with Crippen LogP contribution in [0.25, 0.3) is 0 Å². The molecule has 0 aromatic rings. The minimum absolute atomic E-state index is 0.101. The molecule has 2 heterocycles. The molecule has 6 nitrogen and oxygen atoms in total. The fourth-order valence-corrected chi connectivity index (χ4v) is 2.74. The highest BCUT2D eigenvalue weighted by molar-refractivity contribution is 5.79. The highest BCUT2D eigenvalue weighted by Crippen LogP contribution is 2.18. The van der Waals surface area contributed by atoms with Crippen molar-refractivity contribution < 1.29 is 19.4 Å². The van der Waals surface area contributed by atoms with Crippen LogP contribution in [0.2, 0.25) is 0 Å². The van der Waals surface area contributed by atoms with Crippen LogP contribution in [-0.4, -0.2) is 66.3 Å². The Balaban J connectivity index is 1.84. The zero-order valence-corrected chi connectivity index (χ0v) is 11.2. The van der Waals surface area contributed by atoms with Gasteiger partial charge in [0.1, 0.15) is 0 Å². The molecule has 2 aliphatic heterocycles. The molecule has 0 bridgehead atoms. The van der Waals surface area contributed by atoms with Gasteiger partial charge in [-0.25, -0.2) is 4.79 Å². The van der Waals surface area contributed by atoms with E-state index in [0.717, 1.165) is 25.7 Å². The number of hydrogen-bond donors (Lipinski definition) is 1. The zero-order valence-electron chi connectivity index (χ0n) is 11.2. The van der Waals surface area contributed by atoms with Gasteiger partial charge in [0.25, 0.3) is 0 Å². The van der Waals surface area contributed by atoms with E-state index in [1.54, 1.807) is 0 Å². The second kappa shape index (κ2) is 6.75. The van der Waals surface area contributed by atoms with Crippen LogP contribution in [-0.2, 0) is 9.53 Å². The van der Waals surface area contributed by atoms with Crippen molar-refractivity contribution in [3.63, 3.8) is 0 Å². The van der Waals surface area contributed by atoms with E-state index in [-0.39, 0.29) is 11.8 Å². The summed E-state index contributed by atoms with van der Waals surface area (Å²) in [5.41, 5.74) is 0. The molecule has 0 radical (unpaired) electrons. The summed E-state index contributed by atoms with van der Waals surface area (Å²) in [7, 11) is 0. The first-order valence-electron chi connectivity index (χ1n) is 7.03. The van der Waals surface area contributed by atoms with E-state index in [9.17, 15) is 9.59 Å². The van der Waals surface area contributed by atoms with Gasteiger partial charge in [-0.2, -0.15) is 0 Å². The lowest BCUT2D eigenvalue weighted by molar-refractivity contribution is -0.139. The number of ether oxygens (including phenoxy) is 1. The Labute approximate surface area is 113 Å². The Morgan fingerprint density at radius 2 is 1.47 bits per heavy atom. The van der Waals surface area contributed by atoms with Crippen LogP contribution in [0.4, 0.5) is 4.79 Å². The molecule has 6 heteroatoms. The average molecular weight is 270 g/mol. The number of rotatable bonds is 1. The molecule has 0 unspecified atom stereocenters. The van der Waals surface area contributed by atoms with Crippen LogP contribution in [0.3, 0.4) is 0 Å². The molecule has 0 atom stereocenters. The summed E-state index contributed by atoms with van der Waals surface area (Å²) in [6.07, 6.45) is 2.22. The lowest BCUT2D eigenvalue weighted by Gasteiger charge is -2.32. The fourth-order valence-electron chi connectivity index (χ4n) is 2.74. The summed E-state index contributed by atoms with van der Waals surface area (Å²) in [5.74, 6) is 0.329. The van der Waals surface area contributed by atoms with Crippen LogP contribution < -0.4 is 0 Å². The van der Waals surface area contributed by atoms with Crippen LogP contribution >= 0.6 is 0 Å². The van der Waals surface area contributed by atoms with E-state index in [0.29, 0.717) is 39.4 Å². The van der Waals surface area contributed by atoms with Crippen molar-refractivity contribution in [2.45, 2.75) is 25.7 Å². The van der Waals surface area contributed by atoms with Crippen molar-refractivity contribution in [2.24, 2.45) is 5.92 Å². The number of nitrogens with zero attached hydrogens (tertiary/aromatic N) is 2. The van der Waals surface area contributed by atoms with Gasteiger partial charge in [0.05, 0.1) is 0 Å². The minimum atomic E-state index is -0.857. The van der Waals surface area contributed by atoms with Gasteiger partial charge in [-0.1, -0.05) is 0 Å². The van der Waals surface area contributed by atoms with Crippen LogP contribution in [0, 0.1) is 5.92 Å². The lowest BCUT2D eigenvalue weighted by Crippen LogP contribution is -2.44. The summed E-state index contributed by atoms with van der Waals surface area (Å²) in [6, 6.07) is 0. The fraction of sp³-hybridized carbons (Fsp3) is 0.846. The first-order valence-corrected chi connectivity index (χ1v) is 7.03. The number of carbonyl (C=O) groups is 2. The quantitative estimate of drug-likeness (QED) is 0.772. The molecule has 19 heavy (non-hydrogen) atoms. The SMILES string of the molecule is O=C(O)N1CCCN(C(=O)C2CCOCC2)CCC1. The lowest BCUT2D eigenvalue weighted by atomic mass is 9.98. The van der Waals surface area contributed by atoms with E-state index in [1.807, 2.05) is 4.90 Å². The van der Waals surface area contributed by atoms with Gasteiger partial charge in [0.2, 0.25) is 5.91 Å². The summed E-state index contributed by atoms with van der Waals surface area (Å²) in [6.45, 7) is 3.73. The molecular formula is C13H22N2O4. The van der Waals surface area contributed by atoms with Crippen LogP contribution in [0.5, 0.6) is 0 Å². The highest BCUT2D eigenvalue weighted by atomic mass is 16.5. The number of carboxylic acid groups (broad SMARTS) is 1. The monoisotopic (exact) mass is 270 g/mol. The second-order valence-corrected chi connectivity index (χ2v) is 5.19. The smallest absolute Gasteiger partial charge is 0.407 e. The van der Waals surface area contributed by atoms with Crippen molar-refractivity contribution in [1.29, 1.82) is 0 Å². The second-order valence-electron chi connectivity index (χ2n) is 5.19. The number of carbonyl (C=O) groups excluding carboxylic acids is 1. The molecule has 0 aromatic carbocycles. The summed E-state index contributed by atoms with van der Waals surface area (Å²) >= 11 is 0. The summed E-state index contributed by atoms with van der Waals surface area (Å²) in [5, 5.41) is 8.97. The molecular weight excluding hydrogens is 248 g/mol. The molecule has 1 N–H and O–H groups in total. The largest absolute Gasteiger partial charge is 0.465 e. The van der Waals surface area contributed by atoms with E-state index < -0.39 is 6.09 Å². The molecule has 0 aromatic heterocycles. The Hall–Kier alpha value is -1.30. The minimum Gasteiger partial charge on any atom is -0.465 e. The standard InChI is InChI=1S/C13H22N2O4/c16-12(11-3-9-19-10-4-11)14-5-1-7-15(13(17)18)8-2-6-14/h11H,1-10H2,(H,17,18). The van der Waals surface area contributed by atoms with Gasteiger partial charge in [0.15, 0.2) is 0 Å². The molecule has 108 valence electrons. The van der Waals surface area contributed by atoms with Gasteiger partial charge in [-0.3, -0.25) is 4.79 Å². The molecule has 0 spiro atoms. The van der Waals surface area contributed by atoms with Gasteiger partial charge in [-0.15, -0.1) is 0 Å². The van der Waals surface area contributed by atoms with E-state index >= 15 is 0 Å². The zero-order chi connectivity index (χ0) is 13.7. The maximum Gasteiger partial charge on any atom is 0.407 e. The van der Waals surface area contributed by atoms with Crippen molar-refractivity contribution in [3.05, 3.63) is 0 Å². The molecule has 2 amide bonds. The third kappa shape index (κ3) is 3.83. The molecule has 2 aliphatic rings. The molecule has 2 fully saturated rings. The Morgan fingerprint density at radius 1 is 0.947 bits per heavy atom. The molecule has 2 rings (SSSR count). The molecule has 2 saturated heterocycles. The predicted octanol–water partition coefficient (Wildman–Crippen LogP) is 1.02. The molecule has 0 aliphatic carbocycles. The topological polar surface area (TPSA) is 70.1 Å². The number of amides is 2. The van der Waals surface area contributed by atoms with E-state index in [1.165, 1.54) is 4.90 Å². The first kappa shape index (κ1) is 14.1. The van der Waals surface area contributed by atoms with Crippen molar-refractivity contribution in [2.75, 3.05) is 39.4 Å². The molecule has 0 saturated carbocycles. The average Bonchev–Trinajstić information content (AvgIpc) is 2.38. The van der Waals surface area contributed by atoms with Crippen molar-refractivity contribution >= 4 is 12.0 Å². The Kier molecular flexibility index (Phi) is 5.01. The van der Waals surface area contributed by atoms with Gasteiger partial charge < -0.3 is 19.6 Å². The van der Waals surface area contributed by atoms with Gasteiger partial charge in [0, 0.05) is 45.3 Å². The third-order valence-corrected chi connectivity index (χ3v) is 3.86. The maximum atomic E-state index is 12.4. The first-order chi connectivity index (χ1) is 9.18. The van der Waals surface area contributed by atoms with E-state index in [4.69, 9.17) is 9.84 Å². The predicted molar refractivity (Wildman–Crippen MR) is 69.0 cm³/mol. The number of hydrogen-bond acceptors (Lipinski definition) is 3. The maximum absolute atomic E-state index is 12.4. The van der Waals surface area contributed by atoms with E-state index in [2.05, 4.69) is 0 Å². The van der Waals surface area contributed by atoms with Crippen LogP contribution in [0.15, 0.2) is 0 Å². The van der Waals surface area contributed by atoms with Crippen LogP contribution in [0.1, 0.15) is 25.7 Å². The summed E-state index contributed by atoms with van der Waals surface area (Å²) < 4.78 is 5.28.